The molecule has 1 amide bonds. The summed E-state index contributed by atoms with van der Waals surface area (Å²) < 4.78 is 11.7. The number of hydrogen-bond acceptors (Lipinski definition) is 9. The van der Waals surface area contributed by atoms with Crippen molar-refractivity contribution in [2.24, 2.45) is 5.10 Å². The highest BCUT2D eigenvalue weighted by atomic mass is 16.6. The van der Waals surface area contributed by atoms with E-state index in [-0.39, 0.29) is 17.3 Å². The molecule has 5 aromatic rings. The predicted molar refractivity (Wildman–Crippen MR) is 128 cm³/mol. The Kier molecular flexibility index (Phi) is 5.87. The summed E-state index contributed by atoms with van der Waals surface area (Å²) in [6.45, 7) is 2.08. The lowest BCUT2D eigenvalue weighted by molar-refractivity contribution is 0.0946. The molecule has 0 unspecified atom stereocenters. The van der Waals surface area contributed by atoms with Crippen LogP contribution in [0.2, 0.25) is 0 Å². The highest BCUT2D eigenvalue weighted by Crippen LogP contribution is 2.21. The van der Waals surface area contributed by atoms with Crippen LogP contribution in [0.4, 0.5) is 5.82 Å². The van der Waals surface area contributed by atoms with Crippen molar-refractivity contribution in [1.29, 1.82) is 0 Å². The largest absolute Gasteiger partial charge is 0.489 e. The Morgan fingerprint density at radius 1 is 1.11 bits per heavy atom. The Bertz CT molecular complexity index is 1520. The maximum Gasteiger partial charge on any atom is 0.292 e. The van der Waals surface area contributed by atoms with Crippen LogP contribution in [0.3, 0.4) is 0 Å². The first-order valence-electron chi connectivity index (χ1n) is 10.6. The van der Waals surface area contributed by atoms with E-state index in [9.17, 15) is 4.79 Å². The van der Waals surface area contributed by atoms with Crippen LogP contribution < -0.4 is 15.9 Å². The maximum atomic E-state index is 12.6. The van der Waals surface area contributed by atoms with E-state index in [0.717, 1.165) is 21.6 Å². The lowest BCUT2D eigenvalue weighted by Gasteiger charge is -2.09. The minimum absolute atomic E-state index is 0.0183. The summed E-state index contributed by atoms with van der Waals surface area (Å²) in [5.74, 6) is 0.235. The number of rotatable bonds is 7. The van der Waals surface area contributed by atoms with Gasteiger partial charge in [0.25, 0.3) is 5.91 Å². The van der Waals surface area contributed by atoms with E-state index in [0.29, 0.717) is 12.3 Å². The van der Waals surface area contributed by atoms with Crippen LogP contribution in [-0.4, -0.2) is 37.4 Å². The summed E-state index contributed by atoms with van der Waals surface area (Å²) in [6, 6.07) is 21.7. The Hall–Kier alpha value is -5.06. The lowest BCUT2D eigenvalue weighted by atomic mass is 10.1. The molecule has 11 nitrogen and oxygen atoms in total. The van der Waals surface area contributed by atoms with Crippen LogP contribution >= 0.6 is 0 Å². The van der Waals surface area contributed by atoms with Crippen molar-refractivity contribution in [2.75, 3.05) is 5.73 Å². The van der Waals surface area contributed by atoms with E-state index >= 15 is 0 Å². The molecule has 35 heavy (non-hydrogen) atoms. The molecule has 0 spiro atoms. The van der Waals surface area contributed by atoms with E-state index in [4.69, 9.17) is 10.5 Å². The first kappa shape index (κ1) is 21.8. The van der Waals surface area contributed by atoms with Crippen molar-refractivity contribution in [3.63, 3.8) is 0 Å². The highest BCUT2D eigenvalue weighted by Gasteiger charge is 2.22. The number of aryl methyl sites for hydroxylation is 1. The number of aromatic nitrogens is 5. The van der Waals surface area contributed by atoms with Gasteiger partial charge in [-0.3, -0.25) is 4.79 Å². The smallest absolute Gasteiger partial charge is 0.292 e. The Morgan fingerprint density at radius 3 is 2.71 bits per heavy atom. The monoisotopic (exact) mass is 468 g/mol. The zero-order valence-corrected chi connectivity index (χ0v) is 18.6. The van der Waals surface area contributed by atoms with Gasteiger partial charge in [-0.25, -0.2) is 10.1 Å². The Morgan fingerprint density at radius 2 is 1.91 bits per heavy atom. The van der Waals surface area contributed by atoms with E-state index in [2.05, 4.69) is 60.0 Å². The fourth-order valence-corrected chi connectivity index (χ4v) is 3.55. The standard InChI is InChI=1S/C24H20N8O3/c1-15-21(32(31-27-15)23-22(25)29-35-30-23)24(33)28-26-13-16-9-11-19(12-10-16)34-14-18-7-4-6-17-5-2-3-8-20(17)18/h2-13H,14H2,1H3,(H2,25,29)(H,28,33). The number of carbonyl (C=O) groups is 1. The Labute approximate surface area is 199 Å². The van der Waals surface area contributed by atoms with Crippen LogP contribution in [0.15, 0.2) is 76.5 Å². The number of benzene rings is 3. The molecule has 0 fully saturated rings. The molecule has 174 valence electrons. The molecule has 2 heterocycles. The van der Waals surface area contributed by atoms with Crippen molar-refractivity contribution < 1.29 is 14.2 Å². The molecule has 0 atom stereocenters. The minimum Gasteiger partial charge on any atom is -0.489 e. The van der Waals surface area contributed by atoms with Gasteiger partial charge in [0.1, 0.15) is 12.4 Å². The highest BCUT2D eigenvalue weighted by molar-refractivity contribution is 5.94. The molecule has 0 bridgehead atoms. The molecule has 3 N–H and O–H groups in total. The van der Waals surface area contributed by atoms with E-state index < -0.39 is 5.91 Å². The van der Waals surface area contributed by atoms with Crippen molar-refractivity contribution in [3.8, 4) is 11.6 Å². The van der Waals surface area contributed by atoms with Crippen LogP contribution in [0.25, 0.3) is 16.6 Å². The maximum absolute atomic E-state index is 12.6. The molecule has 0 aliphatic rings. The number of nitrogens with two attached hydrogens (primary N) is 1. The van der Waals surface area contributed by atoms with Gasteiger partial charge in [-0.1, -0.05) is 47.7 Å². The summed E-state index contributed by atoms with van der Waals surface area (Å²) in [7, 11) is 0. The molecule has 0 saturated heterocycles. The van der Waals surface area contributed by atoms with Crippen LogP contribution in [0, 0.1) is 6.92 Å². The third-order valence-electron chi connectivity index (χ3n) is 5.28. The summed E-state index contributed by atoms with van der Waals surface area (Å²) >= 11 is 0. The second-order valence-corrected chi connectivity index (χ2v) is 7.60. The first-order valence-corrected chi connectivity index (χ1v) is 10.6. The molecule has 5 rings (SSSR count). The van der Waals surface area contributed by atoms with Gasteiger partial charge in [0.15, 0.2) is 5.69 Å². The van der Waals surface area contributed by atoms with Crippen LogP contribution in [-0.2, 0) is 6.61 Å². The number of nitrogens with zero attached hydrogens (tertiary/aromatic N) is 6. The van der Waals surface area contributed by atoms with Gasteiger partial charge in [0, 0.05) is 0 Å². The van der Waals surface area contributed by atoms with E-state index in [1.165, 1.54) is 17.0 Å². The number of anilines is 1. The molecule has 2 aromatic heterocycles. The van der Waals surface area contributed by atoms with Crippen LogP contribution in [0.5, 0.6) is 5.75 Å². The van der Waals surface area contributed by atoms with Crippen molar-refractivity contribution in [1.82, 2.24) is 30.7 Å². The number of ether oxygens (including phenoxy) is 1. The molecule has 3 aromatic carbocycles. The molecule has 0 saturated carbocycles. The predicted octanol–water partition coefficient (Wildman–Crippen LogP) is 3.04. The van der Waals surface area contributed by atoms with E-state index in [1.807, 2.05) is 42.5 Å². The minimum atomic E-state index is -0.541. The zero-order chi connectivity index (χ0) is 24.2. The topological polar surface area (TPSA) is 146 Å². The van der Waals surface area contributed by atoms with Gasteiger partial charge in [-0.2, -0.15) is 9.78 Å². The van der Waals surface area contributed by atoms with Gasteiger partial charge < -0.3 is 10.5 Å². The van der Waals surface area contributed by atoms with E-state index in [1.54, 1.807) is 6.92 Å². The molecular formula is C24H20N8O3. The number of fused-ring (bicyclic) bond motifs is 1. The summed E-state index contributed by atoms with van der Waals surface area (Å²) in [4.78, 5) is 12.6. The van der Waals surface area contributed by atoms with Crippen molar-refractivity contribution in [2.45, 2.75) is 13.5 Å². The van der Waals surface area contributed by atoms with Crippen molar-refractivity contribution >= 4 is 28.7 Å². The molecule has 0 radical (unpaired) electrons. The van der Waals surface area contributed by atoms with Gasteiger partial charge in [0.05, 0.1) is 11.9 Å². The first-order chi connectivity index (χ1) is 17.1. The van der Waals surface area contributed by atoms with Gasteiger partial charge >= 0.3 is 0 Å². The SMILES string of the molecule is Cc1nnn(-c2nonc2N)c1C(=O)NN=Cc1ccc(OCc2cccc3ccccc23)cc1. The fourth-order valence-electron chi connectivity index (χ4n) is 3.55. The lowest BCUT2D eigenvalue weighted by Crippen LogP contribution is -2.22. The fraction of sp³-hybridized carbons (Fsp3) is 0.0833. The third kappa shape index (κ3) is 4.55. The number of nitrogens with one attached hydrogen (secondary N) is 1. The van der Waals surface area contributed by atoms with Crippen LogP contribution in [0.1, 0.15) is 27.3 Å². The molecule has 0 aliphatic carbocycles. The number of carbonyl (C=O) groups excluding carboxylic acids is 1. The van der Waals surface area contributed by atoms with Gasteiger partial charge in [0.2, 0.25) is 11.6 Å². The van der Waals surface area contributed by atoms with Crippen molar-refractivity contribution in [3.05, 3.63) is 89.2 Å². The number of hydrazone groups is 1. The Balaban J connectivity index is 1.22. The summed E-state index contributed by atoms with van der Waals surface area (Å²) in [6.07, 6.45) is 1.52. The zero-order valence-electron chi connectivity index (χ0n) is 18.6. The average molecular weight is 468 g/mol. The summed E-state index contributed by atoms with van der Waals surface area (Å²) in [5.41, 5.74) is 10.5. The molecule has 11 heteroatoms. The molecular weight excluding hydrogens is 448 g/mol. The summed E-state index contributed by atoms with van der Waals surface area (Å²) in [5, 5.41) is 21.3. The molecule has 0 aliphatic heterocycles. The number of nitrogen functional groups attached to an aromatic ring is 1. The van der Waals surface area contributed by atoms with Gasteiger partial charge in [-0.15, -0.1) is 5.10 Å². The number of hydrogen-bond donors (Lipinski definition) is 2. The third-order valence-corrected chi connectivity index (χ3v) is 5.28. The second-order valence-electron chi connectivity index (χ2n) is 7.60. The quantitative estimate of drug-likeness (QED) is 0.274. The van der Waals surface area contributed by atoms with Gasteiger partial charge in [-0.05, 0) is 63.4 Å². The number of amides is 1. The normalized spacial score (nSPS) is 11.2. The average Bonchev–Trinajstić information content (AvgIpc) is 3.48. The second kappa shape index (κ2) is 9.43.